The average molecular weight is 376 g/mol. The lowest BCUT2D eigenvalue weighted by Crippen LogP contribution is -2.29. The van der Waals surface area contributed by atoms with E-state index in [1.807, 2.05) is 24.3 Å². The van der Waals surface area contributed by atoms with Crippen LogP contribution < -0.4 is 10.1 Å². The maximum absolute atomic E-state index is 9.96. The SMILES string of the molecule is CC(C)O.O=CNC1CCCCC1.c1cc(OC2CCC2)c2occc2c1. The van der Waals surface area contributed by atoms with Gasteiger partial charge in [0.25, 0.3) is 0 Å². The fourth-order valence-electron chi connectivity index (χ4n) is 3.09. The molecule has 150 valence electrons. The van der Waals surface area contributed by atoms with Gasteiger partial charge < -0.3 is 19.6 Å². The van der Waals surface area contributed by atoms with Crippen LogP contribution >= 0.6 is 0 Å². The predicted molar refractivity (Wildman–Crippen MR) is 108 cm³/mol. The second kappa shape index (κ2) is 11.7. The van der Waals surface area contributed by atoms with Crippen molar-refractivity contribution in [3.05, 3.63) is 30.5 Å². The van der Waals surface area contributed by atoms with Crippen molar-refractivity contribution < 1.29 is 19.1 Å². The van der Waals surface area contributed by atoms with Crippen molar-refractivity contribution in [1.82, 2.24) is 5.32 Å². The smallest absolute Gasteiger partial charge is 0.207 e. The number of benzene rings is 1. The molecule has 2 aliphatic carbocycles. The summed E-state index contributed by atoms with van der Waals surface area (Å²) in [5, 5.41) is 12.0. The molecule has 5 heteroatoms. The molecule has 0 spiro atoms. The molecule has 0 bridgehead atoms. The highest BCUT2D eigenvalue weighted by Crippen LogP contribution is 2.31. The first-order valence-electron chi connectivity index (χ1n) is 10.1. The normalized spacial score (nSPS) is 17.2. The molecular weight excluding hydrogens is 342 g/mol. The number of fused-ring (bicyclic) bond motifs is 1. The summed E-state index contributed by atoms with van der Waals surface area (Å²) in [4.78, 5) is 9.96. The molecule has 0 saturated heterocycles. The Kier molecular flexibility index (Phi) is 9.19. The Morgan fingerprint density at radius 2 is 1.81 bits per heavy atom. The maximum atomic E-state index is 9.96. The van der Waals surface area contributed by atoms with E-state index < -0.39 is 0 Å². The largest absolute Gasteiger partial charge is 0.486 e. The molecule has 2 N–H and O–H groups in total. The summed E-state index contributed by atoms with van der Waals surface area (Å²) >= 11 is 0. The minimum atomic E-state index is -0.167. The van der Waals surface area contributed by atoms with E-state index in [-0.39, 0.29) is 6.10 Å². The van der Waals surface area contributed by atoms with Crippen molar-refractivity contribution in [3.8, 4) is 5.75 Å². The zero-order valence-electron chi connectivity index (χ0n) is 16.5. The number of nitrogens with one attached hydrogen (secondary N) is 1. The van der Waals surface area contributed by atoms with Gasteiger partial charge in [-0.05, 0) is 58.1 Å². The molecule has 2 aromatic rings. The summed E-state index contributed by atoms with van der Waals surface area (Å²) in [6.45, 7) is 3.44. The van der Waals surface area contributed by atoms with E-state index >= 15 is 0 Å². The Balaban J connectivity index is 0.000000174. The van der Waals surface area contributed by atoms with Crippen LogP contribution in [0.25, 0.3) is 11.0 Å². The van der Waals surface area contributed by atoms with Crippen molar-refractivity contribution in [2.45, 2.75) is 83.5 Å². The van der Waals surface area contributed by atoms with Crippen molar-refractivity contribution >= 4 is 17.4 Å². The number of aliphatic hydroxyl groups is 1. The summed E-state index contributed by atoms with van der Waals surface area (Å²) in [6, 6.07) is 8.46. The molecule has 2 saturated carbocycles. The average Bonchev–Trinajstić information content (AvgIpc) is 3.09. The molecule has 1 amide bonds. The third-order valence-electron chi connectivity index (χ3n) is 4.70. The van der Waals surface area contributed by atoms with Gasteiger partial charge in [0.15, 0.2) is 11.3 Å². The van der Waals surface area contributed by atoms with E-state index in [9.17, 15) is 4.79 Å². The zero-order valence-corrected chi connectivity index (χ0v) is 16.5. The van der Waals surface area contributed by atoms with E-state index in [0.717, 1.165) is 23.1 Å². The van der Waals surface area contributed by atoms with E-state index in [1.54, 1.807) is 20.1 Å². The molecule has 0 atom stereocenters. The van der Waals surface area contributed by atoms with Crippen LogP contribution in [0.5, 0.6) is 5.75 Å². The summed E-state index contributed by atoms with van der Waals surface area (Å²) in [6.07, 6.45) is 12.7. The van der Waals surface area contributed by atoms with Crippen LogP contribution in [-0.4, -0.2) is 29.8 Å². The third-order valence-corrected chi connectivity index (χ3v) is 4.70. The molecule has 1 aromatic heterocycles. The van der Waals surface area contributed by atoms with Crippen molar-refractivity contribution in [3.63, 3.8) is 0 Å². The van der Waals surface area contributed by atoms with E-state index in [2.05, 4.69) is 5.32 Å². The monoisotopic (exact) mass is 375 g/mol. The van der Waals surface area contributed by atoms with Crippen molar-refractivity contribution in [2.24, 2.45) is 0 Å². The summed E-state index contributed by atoms with van der Waals surface area (Å²) in [5.74, 6) is 0.886. The van der Waals surface area contributed by atoms with Crippen LogP contribution in [0.4, 0.5) is 0 Å². The molecule has 0 aliphatic heterocycles. The van der Waals surface area contributed by atoms with Crippen LogP contribution in [0.2, 0.25) is 0 Å². The lowest BCUT2D eigenvalue weighted by molar-refractivity contribution is -0.110. The lowest BCUT2D eigenvalue weighted by atomic mass is 9.96. The quantitative estimate of drug-likeness (QED) is 0.752. The van der Waals surface area contributed by atoms with Gasteiger partial charge in [0.05, 0.1) is 12.4 Å². The van der Waals surface area contributed by atoms with Gasteiger partial charge >= 0.3 is 0 Å². The van der Waals surface area contributed by atoms with Gasteiger partial charge in [0.1, 0.15) is 0 Å². The zero-order chi connectivity index (χ0) is 19.5. The van der Waals surface area contributed by atoms with Crippen molar-refractivity contribution in [2.75, 3.05) is 0 Å². The van der Waals surface area contributed by atoms with Crippen LogP contribution in [0, 0.1) is 0 Å². The van der Waals surface area contributed by atoms with Gasteiger partial charge in [0.2, 0.25) is 6.41 Å². The molecule has 4 rings (SSSR count). The molecule has 27 heavy (non-hydrogen) atoms. The van der Waals surface area contributed by atoms with Crippen LogP contribution in [0.3, 0.4) is 0 Å². The third kappa shape index (κ3) is 7.63. The number of carbonyl (C=O) groups excluding carboxylic acids is 1. The number of para-hydroxylation sites is 1. The highest BCUT2D eigenvalue weighted by atomic mass is 16.5. The number of amides is 1. The second-order valence-corrected chi connectivity index (χ2v) is 7.48. The highest BCUT2D eigenvalue weighted by molar-refractivity contribution is 5.82. The number of hydrogen-bond donors (Lipinski definition) is 2. The Morgan fingerprint density at radius 1 is 1.11 bits per heavy atom. The highest BCUT2D eigenvalue weighted by Gasteiger charge is 2.20. The lowest BCUT2D eigenvalue weighted by Gasteiger charge is -2.26. The van der Waals surface area contributed by atoms with E-state index in [4.69, 9.17) is 14.3 Å². The Bertz CT molecular complexity index is 654. The molecular formula is C22H33NO4. The summed E-state index contributed by atoms with van der Waals surface area (Å²) in [5.41, 5.74) is 0.874. The minimum absolute atomic E-state index is 0.167. The molecule has 1 aromatic carbocycles. The first-order chi connectivity index (χ1) is 13.1. The van der Waals surface area contributed by atoms with E-state index in [0.29, 0.717) is 12.1 Å². The molecule has 0 radical (unpaired) electrons. The Hall–Kier alpha value is -2.01. The Morgan fingerprint density at radius 3 is 2.41 bits per heavy atom. The summed E-state index contributed by atoms with van der Waals surface area (Å²) < 4.78 is 11.2. The van der Waals surface area contributed by atoms with Gasteiger partial charge in [-0.25, -0.2) is 0 Å². The van der Waals surface area contributed by atoms with Gasteiger partial charge in [-0.2, -0.15) is 0 Å². The second-order valence-electron chi connectivity index (χ2n) is 7.48. The number of ether oxygens (including phenoxy) is 1. The molecule has 2 aliphatic rings. The first kappa shape index (κ1) is 21.3. The predicted octanol–water partition coefficient (Wildman–Crippen LogP) is 4.82. The molecule has 5 nitrogen and oxygen atoms in total. The fourth-order valence-corrected chi connectivity index (χ4v) is 3.09. The number of aliphatic hydroxyl groups excluding tert-OH is 1. The van der Waals surface area contributed by atoms with Gasteiger partial charge in [0, 0.05) is 17.5 Å². The first-order valence-corrected chi connectivity index (χ1v) is 10.1. The Labute approximate surface area is 162 Å². The van der Waals surface area contributed by atoms with Gasteiger partial charge in [-0.3, -0.25) is 4.79 Å². The van der Waals surface area contributed by atoms with Crippen LogP contribution in [0.1, 0.15) is 65.2 Å². The number of hydrogen-bond acceptors (Lipinski definition) is 4. The maximum Gasteiger partial charge on any atom is 0.207 e. The minimum Gasteiger partial charge on any atom is -0.486 e. The van der Waals surface area contributed by atoms with Crippen LogP contribution in [0.15, 0.2) is 34.9 Å². The molecule has 0 unspecified atom stereocenters. The topological polar surface area (TPSA) is 71.7 Å². The van der Waals surface area contributed by atoms with Gasteiger partial charge in [-0.15, -0.1) is 0 Å². The van der Waals surface area contributed by atoms with Crippen molar-refractivity contribution in [1.29, 1.82) is 0 Å². The molecule has 1 heterocycles. The number of rotatable bonds is 4. The van der Waals surface area contributed by atoms with Gasteiger partial charge in [-0.1, -0.05) is 31.4 Å². The standard InChI is InChI=1S/C12H12O2.C7H13NO.C3H8O/c1-3-9-7-8-13-12(9)11(6-1)14-10-4-2-5-10;9-6-8-7-4-2-1-3-5-7;1-3(2)4/h1,3,6-8,10H,2,4-5H2;6-7H,1-5H2,(H,8,9);3-4H,1-2H3. The summed E-state index contributed by atoms with van der Waals surface area (Å²) in [7, 11) is 0. The van der Waals surface area contributed by atoms with Crippen LogP contribution in [-0.2, 0) is 4.79 Å². The molecule has 2 fully saturated rings. The number of carbonyl (C=O) groups is 1. The fraction of sp³-hybridized carbons (Fsp3) is 0.591. The van der Waals surface area contributed by atoms with E-state index in [1.165, 1.54) is 51.4 Å². The number of furan rings is 1.